The van der Waals surface area contributed by atoms with Crippen molar-refractivity contribution in [2.75, 3.05) is 13.2 Å². The quantitative estimate of drug-likeness (QED) is 0.606. The van der Waals surface area contributed by atoms with Crippen LogP contribution in [0.4, 0.5) is 4.39 Å². The third kappa shape index (κ3) is 4.21. The molecule has 0 saturated carbocycles. The maximum atomic E-state index is 13.3. The van der Waals surface area contributed by atoms with Gasteiger partial charge in [-0.05, 0) is 44.0 Å². The number of esters is 1. The fourth-order valence-electron chi connectivity index (χ4n) is 3.65. The van der Waals surface area contributed by atoms with Crippen molar-refractivity contribution < 1.29 is 28.5 Å². The van der Waals surface area contributed by atoms with Gasteiger partial charge in [0, 0.05) is 11.8 Å². The number of aromatic nitrogens is 2. The Hall–Kier alpha value is -3.30. The third-order valence-corrected chi connectivity index (χ3v) is 5.27. The molecule has 9 heteroatoms. The summed E-state index contributed by atoms with van der Waals surface area (Å²) in [5.74, 6) is -1.84. The van der Waals surface area contributed by atoms with E-state index in [1.807, 2.05) is 6.92 Å². The van der Waals surface area contributed by atoms with Gasteiger partial charge in [-0.1, -0.05) is 12.1 Å². The van der Waals surface area contributed by atoms with E-state index < -0.39 is 29.1 Å². The van der Waals surface area contributed by atoms with Crippen molar-refractivity contribution in [3.8, 4) is 16.9 Å². The van der Waals surface area contributed by atoms with Gasteiger partial charge in [-0.15, -0.1) is 0 Å². The third-order valence-electron chi connectivity index (χ3n) is 5.27. The summed E-state index contributed by atoms with van der Waals surface area (Å²) >= 11 is 0. The molecule has 0 bridgehead atoms. The number of benzene rings is 1. The van der Waals surface area contributed by atoms with Gasteiger partial charge in [-0.3, -0.25) is 9.36 Å². The summed E-state index contributed by atoms with van der Waals surface area (Å²) in [6.07, 6.45) is 1.49. The highest BCUT2D eigenvalue weighted by atomic mass is 19.1. The zero-order valence-corrected chi connectivity index (χ0v) is 17.7. The first-order valence-corrected chi connectivity index (χ1v) is 10.3. The van der Waals surface area contributed by atoms with Gasteiger partial charge in [0.1, 0.15) is 17.2 Å². The average Bonchev–Trinajstić information content (AvgIpc) is 2.77. The highest BCUT2D eigenvalue weighted by molar-refractivity contribution is 5.99. The maximum absolute atomic E-state index is 13.3. The molecule has 2 aromatic heterocycles. The van der Waals surface area contributed by atoms with E-state index in [-0.39, 0.29) is 36.1 Å². The number of rotatable bonds is 5. The molecule has 3 heterocycles. The monoisotopic (exact) mass is 442 g/mol. The minimum absolute atomic E-state index is 0.0186. The van der Waals surface area contributed by atoms with Gasteiger partial charge in [-0.2, -0.15) is 0 Å². The fourth-order valence-corrected chi connectivity index (χ4v) is 3.65. The molecule has 0 spiro atoms. The number of carbonyl (C=O) groups is 1. The zero-order chi connectivity index (χ0) is 22.8. The number of pyridine rings is 2. The minimum Gasteiger partial charge on any atom is -0.506 e. The lowest BCUT2D eigenvalue weighted by atomic mass is 10.0. The molecule has 2 atom stereocenters. The van der Waals surface area contributed by atoms with E-state index in [4.69, 9.17) is 14.2 Å². The summed E-state index contributed by atoms with van der Waals surface area (Å²) in [5, 5.41) is 11.0. The van der Waals surface area contributed by atoms with Crippen LogP contribution in [-0.2, 0) is 20.8 Å². The smallest absolute Gasteiger partial charge is 0.347 e. The van der Waals surface area contributed by atoms with Gasteiger partial charge in [-0.25, -0.2) is 14.2 Å². The Labute approximate surface area is 183 Å². The SMILES string of the molecule is CCOC(=O)c1c(O)c2cc(-c3ccc(F)cc3)cnc2n(CC2OCCC(C)O2)c1=O. The summed E-state index contributed by atoms with van der Waals surface area (Å²) < 4.78 is 30.9. The van der Waals surface area contributed by atoms with Crippen LogP contribution in [0.1, 0.15) is 30.6 Å². The topological polar surface area (TPSA) is 99.9 Å². The van der Waals surface area contributed by atoms with E-state index in [0.717, 1.165) is 6.42 Å². The first-order valence-electron chi connectivity index (χ1n) is 10.3. The Morgan fingerprint density at radius 2 is 2.06 bits per heavy atom. The first-order chi connectivity index (χ1) is 15.4. The predicted octanol–water partition coefficient (Wildman–Crippen LogP) is 3.24. The van der Waals surface area contributed by atoms with Crippen LogP contribution in [0.5, 0.6) is 5.75 Å². The van der Waals surface area contributed by atoms with E-state index in [2.05, 4.69) is 4.98 Å². The van der Waals surface area contributed by atoms with Crippen LogP contribution < -0.4 is 5.56 Å². The molecule has 168 valence electrons. The van der Waals surface area contributed by atoms with Crippen LogP contribution in [0.3, 0.4) is 0 Å². The van der Waals surface area contributed by atoms with Crippen molar-refractivity contribution in [2.45, 2.75) is 39.2 Å². The molecular weight excluding hydrogens is 419 g/mol. The summed E-state index contributed by atoms with van der Waals surface area (Å²) in [5.41, 5.74) is 0.161. The zero-order valence-electron chi connectivity index (χ0n) is 17.7. The highest BCUT2D eigenvalue weighted by Crippen LogP contribution is 2.30. The number of hydrogen-bond acceptors (Lipinski definition) is 7. The van der Waals surface area contributed by atoms with Crippen LogP contribution in [0.2, 0.25) is 0 Å². The van der Waals surface area contributed by atoms with Crippen molar-refractivity contribution in [1.82, 2.24) is 9.55 Å². The van der Waals surface area contributed by atoms with Crippen LogP contribution in [0, 0.1) is 5.82 Å². The van der Waals surface area contributed by atoms with Crippen LogP contribution in [0.15, 0.2) is 41.3 Å². The van der Waals surface area contributed by atoms with Crippen molar-refractivity contribution in [3.05, 3.63) is 58.3 Å². The van der Waals surface area contributed by atoms with Gasteiger partial charge < -0.3 is 19.3 Å². The molecule has 0 amide bonds. The molecule has 1 saturated heterocycles. The van der Waals surface area contributed by atoms with Crippen LogP contribution >= 0.6 is 0 Å². The number of aromatic hydroxyl groups is 1. The number of ether oxygens (including phenoxy) is 3. The van der Waals surface area contributed by atoms with E-state index in [9.17, 15) is 19.1 Å². The predicted molar refractivity (Wildman–Crippen MR) is 114 cm³/mol. The highest BCUT2D eigenvalue weighted by Gasteiger charge is 2.27. The van der Waals surface area contributed by atoms with Gasteiger partial charge in [0.2, 0.25) is 0 Å². The summed E-state index contributed by atoms with van der Waals surface area (Å²) in [6.45, 7) is 4.01. The molecule has 1 aliphatic heterocycles. The first kappa shape index (κ1) is 21.9. The number of carbonyl (C=O) groups excluding carboxylic acids is 1. The fraction of sp³-hybridized carbons (Fsp3) is 0.348. The van der Waals surface area contributed by atoms with Crippen molar-refractivity contribution in [3.63, 3.8) is 0 Å². The van der Waals surface area contributed by atoms with E-state index in [1.54, 1.807) is 25.1 Å². The molecule has 1 N–H and O–H groups in total. The summed E-state index contributed by atoms with van der Waals surface area (Å²) in [7, 11) is 0. The van der Waals surface area contributed by atoms with Gasteiger partial charge in [0.05, 0.1) is 31.2 Å². The molecule has 1 aliphatic rings. The Morgan fingerprint density at radius 1 is 1.31 bits per heavy atom. The lowest BCUT2D eigenvalue weighted by Crippen LogP contribution is -2.38. The van der Waals surface area contributed by atoms with Crippen LogP contribution in [-0.4, -0.2) is 46.2 Å². The number of fused-ring (bicyclic) bond motifs is 1. The molecule has 3 aromatic rings. The van der Waals surface area contributed by atoms with Crippen molar-refractivity contribution >= 4 is 17.0 Å². The van der Waals surface area contributed by atoms with Crippen molar-refractivity contribution in [2.24, 2.45) is 0 Å². The Balaban J connectivity index is 1.89. The largest absolute Gasteiger partial charge is 0.506 e. The molecule has 2 unspecified atom stereocenters. The van der Waals surface area contributed by atoms with Gasteiger partial charge in [0.25, 0.3) is 5.56 Å². The van der Waals surface area contributed by atoms with E-state index >= 15 is 0 Å². The molecule has 0 aliphatic carbocycles. The second-order valence-corrected chi connectivity index (χ2v) is 7.50. The molecular formula is C23H23FN2O6. The van der Waals surface area contributed by atoms with Gasteiger partial charge in [0.15, 0.2) is 11.9 Å². The van der Waals surface area contributed by atoms with Crippen molar-refractivity contribution in [1.29, 1.82) is 0 Å². The molecule has 1 aromatic carbocycles. The average molecular weight is 442 g/mol. The standard InChI is InChI=1S/C23H23FN2O6/c1-3-30-23(29)19-20(27)17-10-15(14-4-6-16(24)7-5-14)11-25-21(17)26(22(19)28)12-18-31-9-8-13(2)32-18/h4-7,10-11,13,18,27H,3,8-9,12H2,1-2H3. The number of hydrogen-bond donors (Lipinski definition) is 1. The molecule has 32 heavy (non-hydrogen) atoms. The van der Waals surface area contributed by atoms with E-state index in [0.29, 0.717) is 17.7 Å². The number of halogens is 1. The summed E-state index contributed by atoms with van der Waals surface area (Å²) in [4.78, 5) is 30.1. The molecule has 1 fully saturated rings. The summed E-state index contributed by atoms with van der Waals surface area (Å²) in [6, 6.07) is 7.35. The van der Waals surface area contributed by atoms with Gasteiger partial charge >= 0.3 is 5.97 Å². The van der Waals surface area contributed by atoms with Crippen LogP contribution in [0.25, 0.3) is 22.2 Å². The minimum atomic E-state index is -0.934. The molecule has 8 nitrogen and oxygen atoms in total. The molecule has 0 radical (unpaired) electrons. The lowest BCUT2D eigenvalue weighted by molar-refractivity contribution is -0.212. The second-order valence-electron chi connectivity index (χ2n) is 7.50. The Bertz CT molecular complexity index is 1210. The maximum Gasteiger partial charge on any atom is 0.347 e. The normalized spacial score (nSPS) is 18.6. The second kappa shape index (κ2) is 9.05. The lowest BCUT2D eigenvalue weighted by Gasteiger charge is -2.29. The Kier molecular flexibility index (Phi) is 6.20. The van der Waals surface area contributed by atoms with E-state index in [1.165, 1.54) is 22.9 Å². The Morgan fingerprint density at radius 3 is 2.75 bits per heavy atom. The molecule has 4 rings (SSSR count). The number of nitrogens with zero attached hydrogens (tertiary/aromatic N) is 2.